The number of phosphoric ester groups is 1. The van der Waals surface area contributed by atoms with E-state index in [0.717, 1.165) is 12.8 Å². The number of phosphoric acid groups is 1. The quantitative estimate of drug-likeness (QED) is 0.511. The van der Waals surface area contributed by atoms with E-state index in [4.69, 9.17) is 20.0 Å². The first-order valence-corrected chi connectivity index (χ1v) is 6.46. The molecule has 0 radical (unpaired) electrons. The van der Waals surface area contributed by atoms with Crippen LogP contribution >= 0.6 is 7.82 Å². The van der Waals surface area contributed by atoms with Gasteiger partial charge in [-0.05, 0) is 18.8 Å². The maximum atomic E-state index is 11.8. The highest BCUT2D eigenvalue weighted by Crippen LogP contribution is 2.61. The van der Waals surface area contributed by atoms with Crippen molar-refractivity contribution in [2.45, 2.75) is 25.9 Å². The van der Waals surface area contributed by atoms with E-state index >= 15 is 0 Å². The molecule has 0 amide bonds. The summed E-state index contributed by atoms with van der Waals surface area (Å²) < 4.78 is 27.0. The van der Waals surface area contributed by atoms with E-state index in [0.29, 0.717) is 5.92 Å². The van der Waals surface area contributed by atoms with Crippen LogP contribution in [0.2, 0.25) is 0 Å². The topological polar surface area (TPSA) is 44.8 Å². The number of terminal acetylenes is 1. The number of hydrogen-bond acceptors (Lipinski definition) is 4. The van der Waals surface area contributed by atoms with Crippen LogP contribution in [0.5, 0.6) is 0 Å². The first-order chi connectivity index (χ1) is 7.03. The lowest BCUT2D eigenvalue weighted by Crippen LogP contribution is -2.38. The predicted octanol–water partition coefficient (Wildman–Crippen LogP) is 2.21. The molecule has 2 fully saturated rings. The molecule has 1 aliphatic heterocycles. The Kier molecular flexibility index (Phi) is 2.68. The van der Waals surface area contributed by atoms with Crippen molar-refractivity contribution in [3.8, 4) is 12.3 Å². The summed E-state index contributed by atoms with van der Waals surface area (Å²) in [5.41, 5.74) is -0.411. The Morgan fingerprint density at radius 1 is 1.67 bits per heavy atom. The molecule has 2 rings (SSSR count). The number of hydrogen-bond donors (Lipinski definition) is 0. The van der Waals surface area contributed by atoms with Gasteiger partial charge in [0.15, 0.2) is 0 Å². The molecule has 2 aliphatic rings. The van der Waals surface area contributed by atoms with E-state index in [-0.39, 0.29) is 12.7 Å². The molecule has 5 heteroatoms. The zero-order valence-corrected chi connectivity index (χ0v) is 9.83. The van der Waals surface area contributed by atoms with Gasteiger partial charge in [-0.1, -0.05) is 12.8 Å². The molecule has 4 nitrogen and oxygen atoms in total. The molecule has 1 heterocycles. The molecule has 1 saturated heterocycles. The zero-order chi connectivity index (χ0) is 11.1. The van der Waals surface area contributed by atoms with Crippen molar-refractivity contribution in [2.24, 2.45) is 11.3 Å². The van der Waals surface area contributed by atoms with E-state index in [1.54, 1.807) is 0 Å². The van der Waals surface area contributed by atoms with Crippen LogP contribution in [0.25, 0.3) is 0 Å². The fourth-order valence-corrected chi connectivity index (χ4v) is 3.63. The first kappa shape index (κ1) is 11.2. The Morgan fingerprint density at radius 3 is 3.00 bits per heavy atom. The van der Waals surface area contributed by atoms with Gasteiger partial charge in [-0.3, -0.25) is 13.6 Å². The average Bonchev–Trinajstić information content (AvgIpc) is 2.54. The van der Waals surface area contributed by atoms with Gasteiger partial charge in [0.25, 0.3) is 0 Å². The second-order valence-electron chi connectivity index (χ2n) is 4.34. The van der Waals surface area contributed by atoms with Gasteiger partial charge >= 0.3 is 7.82 Å². The maximum absolute atomic E-state index is 11.8. The molecule has 0 aromatic carbocycles. The fraction of sp³-hybridized carbons (Fsp3) is 0.800. The predicted molar refractivity (Wildman–Crippen MR) is 55.1 cm³/mol. The molecule has 4 atom stereocenters. The molecule has 1 aliphatic carbocycles. The lowest BCUT2D eigenvalue weighted by molar-refractivity contribution is -0.0214. The molecule has 0 aromatic rings. The Hall–Kier alpha value is -0.330. The minimum Gasteiger partial charge on any atom is -0.290 e. The van der Waals surface area contributed by atoms with Crippen LogP contribution in [0.3, 0.4) is 0 Å². The minimum absolute atomic E-state index is 0.197. The van der Waals surface area contributed by atoms with E-state index in [2.05, 4.69) is 12.8 Å². The van der Waals surface area contributed by atoms with Crippen LogP contribution in [0, 0.1) is 23.7 Å². The Balaban J connectivity index is 2.23. The lowest BCUT2D eigenvalue weighted by Gasteiger charge is -2.37. The van der Waals surface area contributed by atoms with Gasteiger partial charge in [-0.25, -0.2) is 4.57 Å². The summed E-state index contributed by atoms with van der Waals surface area (Å²) in [6.07, 6.45) is 7.01. The standard InChI is InChI=1S/C10H15O4P/c1-4-10-6-8(2)5-9(10)14-15(11,12-3)13-7-10/h1,8-9H,5-7H2,2-3H3/t8-,9-,10+,15?/m0/s1. The van der Waals surface area contributed by atoms with Crippen molar-refractivity contribution in [2.75, 3.05) is 13.7 Å². The number of rotatable bonds is 1. The lowest BCUT2D eigenvalue weighted by atomic mass is 9.85. The molecular formula is C10H15O4P. The molecule has 0 bridgehead atoms. The SMILES string of the molecule is C#C[C@@]12COP(=O)(OC)O[C@H]1C[C@H](C)C2. The molecule has 0 spiro atoms. The van der Waals surface area contributed by atoms with Crippen LogP contribution < -0.4 is 0 Å². The van der Waals surface area contributed by atoms with Crippen LogP contribution in [-0.4, -0.2) is 19.8 Å². The Bertz CT molecular complexity index is 348. The van der Waals surface area contributed by atoms with Crippen LogP contribution in [0.1, 0.15) is 19.8 Å². The van der Waals surface area contributed by atoms with Crippen molar-refractivity contribution in [3.63, 3.8) is 0 Å². The highest BCUT2D eigenvalue weighted by atomic mass is 31.2. The monoisotopic (exact) mass is 230 g/mol. The zero-order valence-electron chi connectivity index (χ0n) is 8.93. The third-order valence-corrected chi connectivity index (χ3v) is 4.60. The summed E-state index contributed by atoms with van der Waals surface area (Å²) in [4.78, 5) is 0. The largest absolute Gasteiger partial charge is 0.474 e. The van der Waals surface area contributed by atoms with Crippen molar-refractivity contribution in [1.82, 2.24) is 0 Å². The average molecular weight is 230 g/mol. The summed E-state index contributed by atoms with van der Waals surface area (Å²) in [6.45, 7) is 2.38. The Labute approximate surface area is 89.9 Å². The summed E-state index contributed by atoms with van der Waals surface area (Å²) in [5.74, 6) is 3.22. The fourth-order valence-electron chi connectivity index (χ4n) is 2.39. The second-order valence-corrected chi connectivity index (χ2v) is 6.07. The van der Waals surface area contributed by atoms with Crippen LogP contribution in [-0.2, 0) is 18.1 Å². The van der Waals surface area contributed by atoms with Gasteiger partial charge < -0.3 is 0 Å². The smallest absolute Gasteiger partial charge is 0.290 e. The highest BCUT2D eigenvalue weighted by molar-refractivity contribution is 7.48. The molecule has 1 unspecified atom stereocenters. The van der Waals surface area contributed by atoms with E-state index in [1.165, 1.54) is 7.11 Å². The highest BCUT2D eigenvalue weighted by Gasteiger charge is 2.54. The van der Waals surface area contributed by atoms with Crippen molar-refractivity contribution < 1.29 is 18.1 Å². The van der Waals surface area contributed by atoms with Crippen molar-refractivity contribution in [3.05, 3.63) is 0 Å². The van der Waals surface area contributed by atoms with Gasteiger partial charge in [0.1, 0.15) is 0 Å². The van der Waals surface area contributed by atoms with E-state index < -0.39 is 13.2 Å². The molecule has 84 valence electrons. The summed E-state index contributed by atoms with van der Waals surface area (Å²) in [5, 5.41) is 0. The summed E-state index contributed by atoms with van der Waals surface area (Å²) in [7, 11) is -2.02. The second kappa shape index (κ2) is 3.61. The number of fused-ring (bicyclic) bond motifs is 1. The molecule has 0 N–H and O–H groups in total. The van der Waals surface area contributed by atoms with Crippen molar-refractivity contribution >= 4 is 7.82 Å². The van der Waals surface area contributed by atoms with E-state index in [9.17, 15) is 4.57 Å². The van der Waals surface area contributed by atoms with Crippen LogP contribution in [0.4, 0.5) is 0 Å². The summed E-state index contributed by atoms with van der Waals surface area (Å²) >= 11 is 0. The minimum atomic E-state index is -3.34. The van der Waals surface area contributed by atoms with Gasteiger partial charge in [0.2, 0.25) is 0 Å². The third-order valence-electron chi connectivity index (χ3n) is 3.19. The van der Waals surface area contributed by atoms with E-state index in [1.807, 2.05) is 0 Å². The molecule has 15 heavy (non-hydrogen) atoms. The molecule has 1 saturated carbocycles. The first-order valence-electron chi connectivity index (χ1n) is 5.00. The molecular weight excluding hydrogens is 215 g/mol. The Morgan fingerprint density at radius 2 is 2.40 bits per heavy atom. The van der Waals surface area contributed by atoms with Gasteiger partial charge in [-0.2, -0.15) is 0 Å². The van der Waals surface area contributed by atoms with Gasteiger partial charge in [0.05, 0.1) is 18.1 Å². The normalized spacial score (nSPS) is 49.7. The van der Waals surface area contributed by atoms with Gasteiger partial charge in [0, 0.05) is 7.11 Å². The van der Waals surface area contributed by atoms with Crippen molar-refractivity contribution in [1.29, 1.82) is 0 Å². The van der Waals surface area contributed by atoms with Crippen LogP contribution in [0.15, 0.2) is 0 Å². The summed E-state index contributed by atoms with van der Waals surface area (Å²) in [6, 6.07) is 0. The maximum Gasteiger partial charge on any atom is 0.474 e. The molecule has 0 aromatic heterocycles. The third kappa shape index (κ3) is 1.74. The van der Waals surface area contributed by atoms with Gasteiger partial charge in [-0.15, -0.1) is 6.42 Å².